The van der Waals surface area contributed by atoms with Crippen molar-refractivity contribution in [1.82, 2.24) is 4.98 Å². The summed E-state index contributed by atoms with van der Waals surface area (Å²) in [5, 5.41) is 0.935. The van der Waals surface area contributed by atoms with Gasteiger partial charge < -0.3 is 4.74 Å². The van der Waals surface area contributed by atoms with Crippen molar-refractivity contribution in [1.29, 1.82) is 0 Å². The molecule has 4 aliphatic carbocycles. The number of hydrogen-bond donors (Lipinski definition) is 0. The van der Waals surface area contributed by atoms with Gasteiger partial charge in [0.2, 0.25) is 11.8 Å². The smallest absolute Gasteiger partial charge is 0.339 e. The Morgan fingerprint density at radius 2 is 1.53 bits per heavy atom. The zero-order valence-corrected chi connectivity index (χ0v) is 23.6. The number of pyridine rings is 1. The molecule has 1 aliphatic heterocycles. The number of allylic oxidation sites excluding steroid dienone is 2. The molecule has 6 unspecified atom stereocenters. The Bertz CT molecular complexity index is 1850. The van der Waals surface area contributed by atoms with Gasteiger partial charge >= 0.3 is 5.97 Å². The van der Waals surface area contributed by atoms with Gasteiger partial charge in [-0.3, -0.25) is 19.3 Å². The van der Waals surface area contributed by atoms with E-state index in [-0.39, 0.29) is 46.8 Å². The number of halogens is 1. The number of benzene rings is 3. The summed E-state index contributed by atoms with van der Waals surface area (Å²) in [5.41, 5.74) is 2.93. The summed E-state index contributed by atoms with van der Waals surface area (Å²) in [6.07, 6.45) is 5.45. The molecule has 0 radical (unpaired) electrons. The van der Waals surface area contributed by atoms with Crippen LogP contribution >= 0.6 is 11.6 Å². The summed E-state index contributed by atoms with van der Waals surface area (Å²) in [6.45, 7) is -0.407. The Kier molecular flexibility index (Phi) is 5.88. The van der Waals surface area contributed by atoms with Gasteiger partial charge in [0.1, 0.15) is 0 Å². The topological polar surface area (TPSA) is 93.6 Å². The van der Waals surface area contributed by atoms with E-state index in [1.54, 1.807) is 78.9 Å². The second-order valence-corrected chi connectivity index (χ2v) is 12.2. The molecule has 9 rings (SSSR count). The first-order valence-electron chi connectivity index (χ1n) is 14.4. The summed E-state index contributed by atoms with van der Waals surface area (Å²) in [6, 6.07) is 22.4. The lowest BCUT2D eigenvalue weighted by molar-refractivity contribution is -0.124. The Morgan fingerprint density at radius 1 is 0.860 bits per heavy atom. The van der Waals surface area contributed by atoms with Gasteiger partial charge in [0.25, 0.3) is 0 Å². The third-order valence-electron chi connectivity index (χ3n) is 9.50. The van der Waals surface area contributed by atoms with Crippen LogP contribution in [0.1, 0.15) is 27.1 Å². The van der Waals surface area contributed by atoms with Crippen LogP contribution in [0.4, 0.5) is 5.69 Å². The maximum atomic E-state index is 13.5. The van der Waals surface area contributed by atoms with Crippen LogP contribution in [-0.2, 0) is 14.3 Å². The molecular weight excluding hydrogens is 564 g/mol. The predicted octanol–water partition coefficient (Wildman–Crippen LogP) is 6.15. The van der Waals surface area contributed by atoms with E-state index in [1.165, 1.54) is 4.90 Å². The summed E-state index contributed by atoms with van der Waals surface area (Å²) in [5.74, 6) is -0.310. The van der Waals surface area contributed by atoms with E-state index in [2.05, 4.69) is 12.2 Å². The van der Waals surface area contributed by atoms with E-state index < -0.39 is 12.6 Å². The molecule has 2 saturated carbocycles. The van der Waals surface area contributed by atoms with E-state index >= 15 is 0 Å². The predicted molar refractivity (Wildman–Crippen MR) is 160 cm³/mol. The van der Waals surface area contributed by atoms with Crippen LogP contribution in [0.5, 0.6) is 0 Å². The number of amides is 2. The number of rotatable bonds is 6. The minimum Gasteiger partial charge on any atom is -0.454 e. The zero-order valence-electron chi connectivity index (χ0n) is 22.9. The van der Waals surface area contributed by atoms with Crippen LogP contribution in [0.25, 0.3) is 22.2 Å². The zero-order chi connectivity index (χ0) is 29.4. The fourth-order valence-electron chi connectivity index (χ4n) is 7.42. The minimum atomic E-state index is -0.672. The average Bonchev–Trinajstić information content (AvgIpc) is 3.82. The first-order valence-corrected chi connectivity index (χ1v) is 14.8. The van der Waals surface area contributed by atoms with Gasteiger partial charge in [-0.15, -0.1) is 0 Å². The lowest BCUT2D eigenvalue weighted by Gasteiger charge is -2.37. The highest BCUT2D eigenvalue weighted by atomic mass is 35.5. The van der Waals surface area contributed by atoms with Crippen LogP contribution in [0.3, 0.4) is 0 Å². The molecule has 8 heteroatoms. The molecule has 5 aliphatic rings. The van der Waals surface area contributed by atoms with Gasteiger partial charge in [0, 0.05) is 21.5 Å². The van der Waals surface area contributed by atoms with Crippen molar-refractivity contribution in [3.8, 4) is 11.3 Å². The maximum Gasteiger partial charge on any atom is 0.339 e. The first kappa shape index (κ1) is 26.0. The maximum absolute atomic E-state index is 13.5. The van der Waals surface area contributed by atoms with Gasteiger partial charge in [-0.1, -0.05) is 66.2 Å². The van der Waals surface area contributed by atoms with Crippen LogP contribution in [0.2, 0.25) is 5.02 Å². The molecule has 3 fully saturated rings. The van der Waals surface area contributed by atoms with Crippen LogP contribution in [0.15, 0.2) is 91.0 Å². The molecule has 2 heterocycles. The number of carbonyl (C=O) groups excluding carboxylic acids is 4. The number of esters is 1. The quantitative estimate of drug-likeness (QED) is 0.116. The molecule has 1 saturated heterocycles. The molecule has 2 bridgehead atoms. The third-order valence-corrected chi connectivity index (χ3v) is 9.74. The largest absolute Gasteiger partial charge is 0.454 e. The molecule has 6 atom stereocenters. The minimum absolute atomic E-state index is 0.108. The molecule has 7 nitrogen and oxygen atoms in total. The number of carbonyl (C=O) groups is 4. The van der Waals surface area contributed by atoms with E-state index in [0.717, 1.165) is 6.42 Å². The number of aromatic nitrogens is 1. The van der Waals surface area contributed by atoms with E-state index in [9.17, 15) is 19.2 Å². The Hall–Kier alpha value is -4.62. The second kappa shape index (κ2) is 9.71. The molecule has 3 aromatic carbocycles. The SMILES string of the molecule is O=C(COC(=O)c1cc(-c2ccc(N3C(=O)C4C5C=CC(C6CC56)C4C3=O)cc2)nc2ccc(Cl)cc12)c1ccccc1. The highest BCUT2D eigenvalue weighted by Crippen LogP contribution is 2.65. The Morgan fingerprint density at radius 3 is 2.21 bits per heavy atom. The normalized spacial score (nSPS) is 26.4. The lowest BCUT2D eigenvalue weighted by atomic mass is 9.63. The number of hydrogen-bond acceptors (Lipinski definition) is 6. The van der Waals surface area contributed by atoms with E-state index in [4.69, 9.17) is 21.3 Å². The average molecular weight is 589 g/mol. The van der Waals surface area contributed by atoms with Crippen molar-refractivity contribution in [3.63, 3.8) is 0 Å². The molecule has 1 aromatic heterocycles. The number of fused-ring (bicyclic) bond motifs is 1. The summed E-state index contributed by atoms with van der Waals surface area (Å²) in [7, 11) is 0. The molecule has 4 aromatic rings. The van der Waals surface area contributed by atoms with Gasteiger partial charge in [0.15, 0.2) is 12.4 Å². The van der Waals surface area contributed by atoms with Gasteiger partial charge in [0.05, 0.1) is 34.3 Å². The van der Waals surface area contributed by atoms with Gasteiger partial charge in [-0.2, -0.15) is 0 Å². The molecule has 0 spiro atoms. The number of ether oxygens (including phenoxy) is 1. The molecule has 0 N–H and O–H groups in total. The number of anilines is 1. The van der Waals surface area contributed by atoms with Crippen LogP contribution < -0.4 is 4.90 Å². The van der Waals surface area contributed by atoms with Crippen molar-refractivity contribution in [2.24, 2.45) is 35.5 Å². The van der Waals surface area contributed by atoms with Gasteiger partial charge in [-0.05, 0) is 66.5 Å². The lowest BCUT2D eigenvalue weighted by Crippen LogP contribution is -2.40. The number of imide groups is 1. The number of ketones is 1. The van der Waals surface area contributed by atoms with Crippen molar-refractivity contribution in [3.05, 3.63) is 107 Å². The van der Waals surface area contributed by atoms with Crippen LogP contribution in [-0.4, -0.2) is 35.2 Å². The first-order chi connectivity index (χ1) is 20.9. The highest BCUT2D eigenvalue weighted by Gasteiger charge is 2.67. The molecule has 212 valence electrons. The Balaban J connectivity index is 1.08. The fourth-order valence-corrected chi connectivity index (χ4v) is 7.60. The highest BCUT2D eigenvalue weighted by molar-refractivity contribution is 6.31. The standard InChI is InChI=1S/C35H25ClN2O5/c36-20-8-13-28-26(14-20)27(35(42)43-17-30(39)19-4-2-1-3-5-19)16-29(37-28)18-6-9-21(10-7-18)38-33(40)31-22-11-12-23(25-15-24(22)25)32(31)34(38)41/h1-14,16,22-25,31-32H,15,17H2. The van der Waals surface area contributed by atoms with Crippen molar-refractivity contribution >= 4 is 51.8 Å². The van der Waals surface area contributed by atoms with E-state index in [0.29, 0.717) is 50.3 Å². The van der Waals surface area contributed by atoms with Crippen molar-refractivity contribution < 1.29 is 23.9 Å². The van der Waals surface area contributed by atoms with Crippen molar-refractivity contribution in [2.45, 2.75) is 6.42 Å². The third kappa shape index (κ3) is 4.13. The molecule has 2 amide bonds. The van der Waals surface area contributed by atoms with Gasteiger partial charge in [-0.25, -0.2) is 9.78 Å². The Labute approximate surface area is 252 Å². The summed E-state index contributed by atoms with van der Waals surface area (Å²) < 4.78 is 5.43. The van der Waals surface area contributed by atoms with Crippen molar-refractivity contribution in [2.75, 3.05) is 11.5 Å². The van der Waals surface area contributed by atoms with Crippen LogP contribution in [0, 0.1) is 35.5 Å². The monoisotopic (exact) mass is 588 g/mol. The number of nitrogens with zero attached hydrogens (tertiary/aromatic N) is 2. The molecular formula is C35H25ClN2O5. The summed E-state index contributed by atoms with van der Waals surface area (Å²) in [4.78, 5) is 59.0. The number of Topliss-reactive ketones (excluding diaryl/α,β-unsaturated/α-hetero) is 1. The molecule has 43 heavy (non-hydrogen) atoms. The summed E-state index contributed by atoms with van der Waals surface area (Å²) >= 11 is 6.24. The van der Waals surface area contributed by atoms with E-state index in [1.807, 2.05) is 0 Å². The fraction of sp³-hybridized carbons (Fsp3) is 0.229. The second-order valence-electron chi connectivity index (χ2n) is 11.8.